The van der Waals surface area contributed by atoms with Gasteiger partial charge in [0.2, 0.25) is 0 Å². The van der Waals surface area contributed by atoms with E-state index in [1.165, 1.54) is 7.11 Å². The molecule has 2 N–H and O–H groups in total. The van der Waals surface area contributed by atoms with Gasteiger partial charge in [0, 0.05) is 5.56 Å². The van der Waals surface area contributed by atoms with Crippen molar-refractivity contribution >= 4 is 5.97 Å². The van der Waals surface area contributed by atoms with Crippen LogP contribution in [0.3, 0.4) is 0 Å². The van der Waals surface area contributed by atoms with Crippen LogP contribution in [0.4, 0.5) is 0 Å². The molecule has 0 saturated heterocycles. The van der Waals surface area contributed by atoms with Gasteiger partial charge in [0.1, 0.15) is 0 Å². The Labute approximate surface area is 113 Å². The van der Waals surface area contributed by atoms with E-state index in [-0.39, 0.29) is 5.75 Å². The average Bonchev–Trinajstić information content (AvgIpc) is 2.89. The summed E-state index contributed by atoms with van der Waals surface area (Å²) in [5.41, 5.74) is 0.536. The Bertz CT molecular complexity index is 487. The lowest BCUT2D eigenvalue weighted by molar-refractivity contribution is -0.143. The van der Waals surface area contributed by atoms with Crippen molar-refractivity contribution in [3.8, 4) is 11.5 Å². The first-order valence-corrected chi connectivity index (χ1v) is 6.69. The van der Waals surface area contributed by atoms with Crippen molar-refractivity contribution in [1.29, 1.82) is 0 Å². The lowest BCUT2D eigenvalue weighted by Gasteiger charge is -2.26. The van der Waals surface area contributed by atoms with E-state index in [1.807, 2.05) is 13.0 Å². The van der Waals surface area contributed by atoms with Crippen molar-refractivity contribution in [2.24, 2.45) is 0 Å². The summed E-state index contributed by atoms with van der Waals surface area (Å²) in [6, 6.07) is 3.58. The van der Waals surface area contributed by atoms with Crippen LogP contribution in [0.2, 0.25) is 0 Å². The third-order valence-corrected chi connectivity index (χ3v) is 4.14. The van der Waals surface area contributed by atoms with Crippen LogP contribution in [-0.4, -0.2) is 23.3 Å². The van der Waals surface area contributed by atoms with E-state index in [4.69, 9.17) is 4.74 Å². The molecule has 0 radical (unpaired) electrons. The maximum Gasteiger partial charge on any atom is 0.314 e. The quantitative estimate of drug-likeness (QED) is 0.877. The zero-order valence-corrected chi connectivity index (χ0v) is 11.4. The summed E-state index contributed by atoms with van der Waals surface area (Å²) >= 11 is 0. The SMILES string of the molecule is CCc1cc(OC)c(O)c(C2(C(=O)O)CCCC2)c1. The van der Waals surface area contributed by atoms with Gasteiger partial charge in [-0.25, -0.2) is 0 Å². The molecule has 0 heterocycles. The molecule has 1 saturated carbocycles. The zero-order valence-electron chi connectivity index (χ0n) is 11.4. The molecule has 0 spiro atoms. The Hall–Kier alpha value is -1.71. The van der Waals surface area contributed by atoms with Crippen molar-refractivity contribution in [1.82, 2.24) is 0 Å². The predicted octanol–water partition coefficient (Wildman–Crippen LogP) is 2.86. The Kier molecular flexibility index (Phi) is 3.69. The fourth-order valence-electron chi connectivity index (χ4n) is 2.97. The largest absolute Gasteiger partial charge is 0.504 e. The number of aryl methyl sites for hydroxylation is 1. The van der Waals surface area contributed by atoms with Crippen LogP contribution in [0, 0.1) is 0 Å². The van der Waals surface area contributed by atoms with Gasteiger partial charge in [0.05, 0.1) is 12.5 Å². The van der Waals surface area contributed by atoms with Crippen molar-refractivity contribution < 1.29 is 19.7 Å². The number of phenolic OH excluding ortho intramolecular Hbond substituents is 1. The first kappa shape index (κ1) is 13.7. The molecule has 1 aromatic carbocycles. The first-order valence-electron chi connectivity index (χ1n) is 6.69. The van der Waals surface area contributed by atoms with E-state index in [9.17, 15) is 15.0 Å². The van der Waals surface area contributed by atoms with Gasteiger partial charge >= 0.3 is 5.97 Å². The normalized spacial score (nSPS) is 17.4. The van der Waals surface area contributed by atoms with Crippen LogP contribution in [0.15, 0.2) is 12.1 Å². The van der Waals surface area contributed by atoms with Gasteiger partial charge in [0.15, 0.2) is 11.5 Å². The summed E-state index contributed by atoms with van der Waals surface area (Å²) in [4.78, 5) is 11.7. The number of hydrogen-bond acceptors (Lipinski definition) is 3. The van der Waals surface area contributed by atoms with E-state index >= 15 is 0 Å². The molecule has 4 nitrogen and oxygen atoms in total. The number of rotatable bonds is 4. The van der Waals surface area contributed by atoms with E-state index in [0.717, 1.165) is 24.8 Å². The second kappa shape index (κ2) is 5.11. The van der Waals surface area contributed by atoms with Crippen LogP contribution >= 0.6 is 0 Å². The van der Waals surface area contributed by atoms with Gasteiger partial charge in [-0.3, -0.25) is 4.79 Å². The van der Waals surface area contributed by atoms with Gasteiger partial charge in [-0.15, -0.1) is 0 Å². The van der Waals surface area contributed by atoms with E-state index < -0.39 is 11.4 Å². The fraction of sp³-hybridized carbons (Fsp3) is 0.533. The molecule has 1 aromatic rings. The number of hydrogen-bond donors (Lipinski definition) is 2. The second-order valence-electron chi connectivity index (χ2n) is 5.14. The summed E-state index contributed by atoms with van der Waals surface area (Å²) in [5, 5.41) is 19.9. The predicted molar refractivity (Wildman–Crippen MR) is 71.8 cm³/mol. The topological polar surface area (TPSA) is 66.8 Å². The lowest BCUT2D eigenvalue weighted by atomic mass is 9.77. The second-order valence-corrected chi connectivity index (χ2v) is 5.14. The average molecular weight is 264 g/mol. The molecule has 0 aromatic heterocycles. The smallest absolute Gasteiger partial charge is 0.314 e. The highest BCUT2D eigenvalue weighted by Gasteiger charge is 2.45. The number of carboxylic acids is 1. The van der Waals surface area contributed by atoms with Gasteiger partial charge in [-0.05, 0) is 30.9 Å². The standard InChI is InChI=1S/C15H20O4/c1-3-10-8-11(13(16)12(9-10)19-2)15(14(17)18)6-4-5-7-15/h8-9,16H,3-7H2,1-2H3,(H,17,18). The zero-order chi connectivity index (χ0) is 14.0. The maximum atomic E-state index is 11.7. The number of phenols is 1. The Balaban J connectivity index is 2.62. The summed E-state index contributed by atoms with van der Waals surface area (Å²) in [6.07, 6.45) is 3.69. The number of benzene rings is 1. The van der Waals surface area contributed by atoms with Gasteiger partial charge in [0.25, 0.3) is 0 Å². The van der Waals surface area contributed by atoms with E-state index in [1.54, 1.807) is 6.07 Å². The summed E-state index contributed by atoms with van der Waals surface area (Å²) in [7, 11) is 1.49. The van der Waals surface area contributed by atoms with Crippen molar-refractivity contribution in [3.05, 3.63) is 23.3 Å². The summed E-state index contributed by atoms with van der Waals surface area (Å²) in [6.45, 7) is 2.00. The van der Waals surface area contributed by atoms with Crippen molar-refractivity contribution in [3.63, 3.8) is 0 Å². The number of ether oxygens (including phenoxy) is 1. The summed E-state index contributed by atoms with van der Waals surface area (Å²) in [5.74, 6) is -0.513. The molecule has 2 rings (SSSR count). The minimum atomic E-state index is -0.956. The molecule has 0 unspecified atom stereocenters. The maximum absolute atomic E-state index is 11.7. The molecule has 0 atom stereocenters. The van der Waals surface area contributed by atoms with Crippen molar-refractivity contribution in [2.75, 3.05) is 7.11 Å². The summed E-state index contributed by atoms with van der Waals surface area (Å²) < 4.78 is 5.17. The molecule has 0 aliphatic heterocycles. The van der Waals surface area contributed by atoms with E-state index in [0.29, 0.717) is 24.2 Å². The Morgan fingerprint density at radius 3 is 2.47 bits per heavy atom. The lowest BCUT2D eigenvalue weighted by Crippen LogP contribution is -2.32. The van der Waals surface area contributed by atoms with Gasteiger partial charge in [-0.2, -0.15) is 0 Å². The highest BCUT2D eigenvalue weighted by Crippen LogP contribution is 2.47. The highest BCUT2D eigenvalue weighted by molar-refractivity contribution is 5.83. The molecular formula is C15H20O4. The molecule has 4 heteroatoms. The minimum absolute atomic E-state index is 0.0241. The van der Waals surface area contributed by atoms with Crippen LogP contribution in [0.5, 0.6) is 11.5 Å². The Morgan fingerprint density at radius 1 is 1.37 bits per heavy atom. The van der Waals surface area contributed by atoms with Crippen LogP contribution in [-0.2, 0) is 16.6 Å². The van der Waals surface area contributed by atoms with Gasteiger partial charge in [-0.1, -0.05) is 25.8 Å². The van der Waals surface area contributed by atoms with Crippen LogP contribution in [0.1, 0.15) is 43.7 Å². The fourth-order valence-corrected chi connectivity index (χ4v) is 2.97. The number of aromatic hydroxyl groups is 1. The number of aliphatic carboxylic acids is 1. The molecule has 0 bridgehead atoms. The first-order chi connectivity index (χ1) is 9.05. The number of carboxylic acid groups (broad SMARTS) is 1. The van der Waals surface area contributed by atoms with E-state index in [2.05, 4.69) is 0 Å². The van der Waals surface area contributed by atoms with Crippen LogP contribution < -0.4 is 4.74 Å². The monoisotopic (exact) mass is 264 g/mol. The third-order valence-electron chi connectivity index (χ3n) is 4.14. The molecule has 1 fully saturated rings. The minimum Gasteiger partial charge on any atom is -0.504 e. The Morgan fingerprint density at radius 2 is 2.00 bits per heavy atom. The molecule has 19 heavy (non-hydrogen) atoms. The highest BCUT2D eigenvalue weighted by atomic mass is 16.5. The molecule has 1 aliphatic carbocycles. The van der Waals surface area contributed by atoms with Crippen molar-refractivity contribution in [2.45, 2.75) is 44.4 Å². The molecule has 1 aliphatic rings. The molecule has 0 amide bonds. The molecular weight excluding hydrogens is 244 g/mol. The van der Waals surface area contributed by atoms with Gasteiger partial charge < -0.3 is 14.9 Å². The third kappa shape index (κ3) is 2.15. The van der Waals surface area contributed by atoms with Crippen LogP contribution in [0.25, 0.3) is 0 Å². The number of methoxy groups -OCH3 is 1. The molecule has 104 valence electrons. The number of carbonyl (C=O) groups is 1.